The maximum absolute atomic E-state index is 5.94. The molecule has 1 rings (SSSR count). The van der Waals surface area contributed by atoms with Gasteiger partial charge in [0.25, 0.3) is 0 Å². The smallest absolute Gasteiger partial charge is 0.129 e. The Labute approximate surface area is 105 Å². The monoisotopic (exact) mass is 241 g/mol. The number of unbranched alkanes of at least 4 members (excludes halogenated alkanes) is 1. The van der Waals surface area contributed by atoms with Gasteiger partial charge in [0.15, 0.2) is 0 Å². The fourth-order valence-corrected chi connectivity index (χ4v) is 1.97. The highest BCUT2D eigenvalue weighted by Gasteiger charge is 2.18. The molecule has 17 heavy (non-hydrogen) atoms. The average Bonchev–Trinajstić information content (AvgIpc) is 2.75. The molecule has 4 nitrogen and oxygen atoms in total. The Morgan fingerprint density at radius 3 is 2.94 bits per heavy atom. The van der Waals surface area contributed by atoms with E-state index in [1.807, 2.05) is 0 Å². The van der Waals surface area contributed by atoms with E-state index in [1.165, 1.54) is 12.8 Å². The molecule has 0 aromatic heterocycles. The molecule has 0 aromatic carbocycles. The minimum atomic E-state index is 0.179. The quantitative estimate of drug-likeness (QED) is 0.683. The van der Waals surface area contributed by atoms with Crippen molar-refractivity contribution in [3.8, 4) is 0 Å². The molecular formula is C13H27N3O. The summed E-state index contributed by atoms with van der Waals surface area (Å²) in [7, 11) is 0. The number of aliphatic imine (C=N–C) groups is 1. The summed E-state index contributed by atoms with van der Waals surface area (Å²) in [6, 6.07) is 0.294. The molecule has 0 aliphatic carbocycles. The molecule has 100 valence electrons. The first-order valence-corrected chi connectivity index (χ1v) is 6.93. The highest BCUT2D eigenvalue weighted by atomic mass is 16.5. The van der Waals surface area contributed by atoms with E-state index < -0.39 is 0 Å². The standard InChI is InChI=1S/C13H27N3O/c1-3-5-7-13-16-12(10-17-13)15-9-8-11(14)6-4-2/h11,13H,3-10,14H2,1-2H3,(H,15,16). The van der Waals surface area contributed by atoms with Crippen molar-refractivity contribution in [3.05, 3.63) is 0 Å². The molecule has 1 aliphatic rings. The van der Waals surface area contributed by atoms with Crippen molar-refractivity contribution in [1.82, 2.24) is 5.32 Å². The van der Waals surface area contributed by atoms with Crippen LogP contribution in [0.3, 0.4) is 0 Å². The molecular weight excluding hydrogens is 214 g/mol. The van der Waals surface area contributed by atoms with E-state index in [0.29, 0.717) is 12.6 Å². The molecule has 1 aliphatic heterocycles. The van der Waals surface area contributed by atoms with E-state index in [-0.39, 0.29) is 6.23 Å². The Morgan fingerprint density at radius 1 is 1.41 bits per heavy atom. The third-order valence-corrected chi connectivity index (χ3v) is 3.03. The van der Waals surface area contributed by atoms with Crippen LogP contribution < -0.4 is 11.1 Å². The summed E-state index contributed by atoms with van der Waals surface area (Å²) in [5.41, 5.74) is 5.94. The molecule has 0 aromatic rings. The molecule has 4 heteroatoms. The summed E-state index contributed by atoms with van der Waals surface area (Å²) in [5, 5.41) is 3.32. The van der Waals surface area contributed by atoms with Gasteiger partial charge in [-0.05, 0) is 25.7 Å². The maximum atomic E-state index is 5.94. The predicted molar refractivity (Wildman–Crippen MR) is 72.2 cm³/mol. The lowest BCUT2D eigenvalue weighted by Crippen LogP contribution is -2.27. The van der Waals surface area contributed by atoms with Crippen molar-refractivity contribution in [2.24, 2.45) is 10.7 Å². The van der Waals surface area contributed by atoms with E-state index in [0.717, 1.165) is 38.1 Å². The van der Waals surface area contributed by atoms with Gasteiger partial charge in [-0.25, -0.2) is 0 Å². The van der Waals surface area contributed by atoms with Gasteiger partial charge in [0.1, 0.15) is 18.7 Å². The molecule has 0 amide bonds. The Hall–Kier alpha value is -0.610. The molecule has 0 saturated carbocycles. The lowest BCUT2D eigenvalue weighted by molar-refractivity contribution is 0.0936. The molecule has 1 heterocycles. The summed E-state index contributed by atoms with van der Waals surface area (Å²) >= 11 is 0. The van der Waals surface area contributed by atoms with E-state index >= 15 is 0 Å². The largest absolute Gasteiger partial charge is 0.351 e. The van der Waals surface area contributed by atoms with Gasteiger partial charge in [0.05, 0.1) is 0 Å². The lowest BCUT2D eigenvalue weighted by Gasteiger charge is -2.09. The van der Waals surface area contributed by atoms with E-state index in [4.69, 9.17) is 10.5 Å². The SMILES string of the molecule is CCCCC1N/C(=N\CCC(N)CCC)CO1. The fraction of sp³-hybridized carbons (Fsp3) is 0.923. The highest BCUT2D eigenvalue weighted by Crippen LogP contribution is 2.07. The summed E-state index contributed by atoms with van der Waals surface area (Å²) in [6.07, 6.45) is 6.87. The van der Waals surface area contributed by atoms with Crippen molar-refractivity contribution < 1.29 is 4.74 Å². The molecule has 3 N–H and O–H groups in total. The maximum Gasteiger partial charge on any atom is 0.129 e. The van der Waals surface area contributed by atoms with Crippen LogP contribution in [0.15, 0.2) is 4.99 Å². The fourth-order valence-electron chi connectivity index (χ4n) is 1.97. The first-order chi connectivity index (χ1) is 8.26. The van der Waals surface area contributed by atoms with Crippen LogP contribution in [0.25, 0.3) is 0 Å². The van der Waals surface area contributed by atoms with Crippen LogP contribution in [-0.2, 0) is 4.74 Å². The zero-order chi connectivity index (χ0) is 12.5. The number of rotatable bonds is 8. The number of amidine groups is 1. The summed E-state index contributed by atoms with van der Waals surface area (Å²) in [4.78, 5) is 4.50. The van der Waals surface area contributed by atoms with Crippen LogP contribution in [0.1, 0.15) is 52.4 Å². The van der Waals surface area contributed by atoms with Crippen LogP contribution >= 0.6 is 0 Å². The van der Waals surface area contributed by atoms with Crippen LogP contribution in [0.5, 0.6) is 0 Å². The zero-order valence-corrected chi connectivity index (χ0v) is 11.2. The molecule has 0 bridgehead atoms. The number of nitrogens with one attached hydrogen (secondary N) is 1. The van der Waals surface area contributed by atoms with Gasteiger partial charge in [-0.1, -0.05) is 26.7 Å². The number of hydrogen-bond acceptors (Lipinski definition) is 3. The molecule has 0 radical (unpaired) electrons. The number of ether oxygens (including phenoxy) is 1. The third kappa shape index (κ3) is 6.03. The van der Waals surface area contributed by atoms with Gasteiger partial charge in [-0.3, -0.25) is 4.99 Å². The van der Waals surface area contributed by atoms with Gasteiger partial charge in [-0.2, -0.15) is 0 Å². The van der Waals surface area contributed by atoms with Crippen molar-refractivity contribution >= 4 is 5.84 Å². The number of hydrogen-bond donors (Lipinski definition) is 2. The summed E-state index contributed by atoms with van der Waals surface area (Å²) in [5.74, 6) is 0.995. The minimum absolute atomic E-state index is 0.179. The normalized spacial score (nSPS) is 23.9. The second-order valence-electron chi connectivity index (χ2n) is 4.75. The average molecular weight is 241 g/mol. The van der Waals surface area contributed by atoms with Gasteiger partial charge < -0.3 is 15.8 Å². The van der Waals surface area contributed by atoms with Crippen LogP contribution in [0.2, 0.25) is 0 Å². The first kappa shape index (κ1) is 14.5. The third-order valence-electron chi connectivity index (χ3n) is 3.03. The van der Waals surface area contributed by atoms with Crippen molar-refractivity contribution in [2.45, 2.75) is 64.6 Å². The Bertz CT molecular complexity index is 231. The molecule has 1 saturated heterocycles. The van der Waals surface area contributed by atoms with Gasteiger partial charge in [0.2, 0.25) is 0 Å². The summed E-state index contributed by atoms with van der Waals surface area (Å²) < 4.78 is 5.60. The second kappa shape index (κ2) is 8.48. The molecule has 0 spiro atoms. The Morgan fingerprint density at radius 2 is 2.24 bits per heavy atom. The lowest BCUT2D eigenvalue weighted by atomic mass is 10.1. The van der Waals surface area contributed by atoms with Gasteiger partial charge in [-0.15, -0.1) is 0 Å². The van der Waals surface area contributed by atoms with Crippen LogP contribution in [-0.4, -0.2) is 31.3 Å². The van der Waals surface area contributed by atoms with E-state index in [9.17, 15) is 0 Å². The second-order valence-corrected chi connectivity index (χ2v) is 4.75. The van der Waals surface area contributed by atoms with Crippen molar-refractivity contribution in [1.29, 1.82) is 0 Å². The predicted octanol–water partition coefficient (Wildman–Crippen LogP) is 2.04. The first-order valence-electron chi connectivity index (χ1n) is 6.93. The van der Waals surface area contributed by atoms with E-state index in [2.05, 4.69) is 24.2 Å². The van der Waals surface area contributed by atoms with Crippen molar-refractivity contribution in [2.75, 3.05) is 13.2 Å². The molecule has 2 atom stereocenters. The highest BCUT2D eigenvalue weighted by molar-refractivity contribution is 5.84. The molecule has 1 fully saturated rings. The van der Waals surface area contributed by atoms with Gasteiger partial charge in [0, 0.05) is 12.6 Å². The van der Waals surface area contributed by atoms with Crippen LogP contribution in [0.4, 0.5) is 0 Å². The van der Waals surface area contributed by atoms with Crippen molar-refractivity contribution in [3.63, 3.8) is 0 Å². The Balaban J connectivity index is 2.14. The topological polar surface area (TPSA) is 59.6 Å². The Kier molecular flexibility index (Phi) is 7.21. The van der Waals surface area contributed by atoms with E-state index in [1.54, 1.807) is 0 Å². The summed E-state index contributed by atoms with van der Waals surface area (Å²) in [6.45, 7) is 5.81. The van der Waals surface area contributed by atoms with Crippen LogP contribution in [0, 0.1) is 0 Å². The number of nitrogens with zero attached hydrogens (tertiary/aromatic N) is 1. The number of nitrogens with two attached hydrogens (primary N) is 1. The zero-order valence-electron chi connectivity index (χ0n) is 11.2. The molecule has 2 unspecified atom stereocenters. The van der Waals surface area contributed by atoms with Gasteiger partial charge >= 0.3 is 0 Å². The minimum Gasteiger partial charge on any atom is -0.351 e.